The number of nitrogen functional groups attached to an aromatic ring is 1. The Morgan fingerprint density at radius 2 is 2.10 bits per heavy atom. The monoisotopic (exact) mass is 391 g/mol. The van der Waals surface area contributed by atoms with Crippen LogP contribution in [0.25, 0.3) is 0 Å². The molecule has 0 aliphatic heterocycles. The number of nitrogens with zero attached hydrogens (tertiary/aromatic N) is 2. The molecule has 2 heterocycles. The largest absolute Gasteiger partial charge is 0.307 e. The number of nitrogens with two attached hydrogens (primary N) is 1. The van der Waals surface area contributed by atoms with Crippen molar-refractivity contribution >= 4 is 43.1 Å². The zero-order chi connectivity index (χ0) is 15.6. The van der Waals surface area contributed by atoms with Crippen molar-refractivity contribution in [2.75, 3.05) is 5.43 Å². The van der Waals surface area contributed by atoms with E-state index in [1.165, 1.54) is 23.6 Å². The smallest absolute Gasteiger partial charge is 0.244 e. The molecule has 0 spiro atoms. The topological polar surface area (TPSA) is 110 Å². The van der Waals surface area contributed by atoms with Crippen LogP contribution in [-0.2, 0) is 10.0 Å². The van der Waals surface area contributed by atoms with Gasteiger partial charge >= 0.3 is 0 Å². The van der Waals surface area contributed by atoms with Crippen LogP contribution in [0.3, 0.4) is 0 Å². The summed E-state index contributed by atoms with van der Waals surface area (Å²) in [6.45, 7) is 3.65. The standard InChI is InChI=1S/C11H14BrN5O2S2/c1-6-4-15-11(20-6)7(2)17-21(18,19)9-3-8(12)5-14-10(9)16-13/h3-5,7,17H,13H2,1-2H3,(H,14,16). The SMILES string of the molecule is Cc1cnc(C(C)NS(=O)(=O)c2cc(Br)cnc2NN)s1. The molecule has 21 heavy (non-hydrogen) atoms. The van der Waals surface area contributed by atoms with Crippen molar-refractivity contribution in [3.8, 4) is 0 Å². The molecule has 10 heteroatoms. The molecule has 0 aliphatic carbocycles. The molecular formula is C11H14BrN5O2S2. The van der Waals surface area contributed by atoms with Gasteiger partial charge in [-0.25, -0.2) is 29.0 Å². The average Bonchev–Trinajstić information content (AvgIpc) is 2.85. The second kappa shape index (κ2) is 6.36. The molecule has 0 amide bonds. The molecular weight excluding hydrogens is 378 g/mol. The summed E-state index contributed by atoms with van der Waals surface area (Å²) in [4.78, 5) is 9.10. The molecule has 1 unspecified atom stereocenters. The van der Waals surface area contributed by atoms with E-state index in [1.54, 1.807) is 13.1 Å². The fourth-order valence-corrected chi connectivity index (χ4v) is 4.34. The number of aromatic nitrogens is 2. The fourth-order valence-electron chi connectivity index (χ4n) is 1.65. The maximum atomic E-state index is 12.5. The Balaban J connectivity index is 2.32. The quantitative estimate of drug-likeness (QED) is 0.530. The molecule has 0 saturated heterocycles. The van der Waals surface area contributed by atoms with E-state index in [0.717, 1.165) is 4.88 Å². The van der Waals surface area contributed by atoms with Gasteiger partial charge in [-0.3, -0.25) is 0 Å². The number of aryl methyl sites for hydroxylation is 1. The van der Waals surface area contributed by atoms with Crippen LogP contribution in [0.5, 0.6) is 0 Å². The van der Waals surface area contributed by atoms with Crippen LogP contribution in [0.2, 0.25) is 0 Å². The van der Waals surface area contributed by atoms with Crippen molar-refractivity contribution in [1.82, 2.24) is 14.7 Å². The number of pyridine rings is 1. The summed E-state index contributed by atoms with van der Waals surface area (Å²) in [5.41, 5.74) is 2.28. The first-order valence-electron chi connectivity index (χ1n) is 5.90. The highest BCUT2D eigenvalue weighted by molar-refractivity contribution is 9.10. The second-order valence-electron chi connectivity index (χ2n) is 4.30. The zero-order valence-electron chi connectivity index (χ0n) is 11.3. The summed E-state index contributed by atoms with van der Waals surface area (Å²) in [6.07, 6.45) is 3.17. The number of nitrogens with one attached hydrogen (secondary N) is 2. The van der Waals surface area contributed by atoms with Crippen LogP contribution < -0.4 is 16.0 Å². The third-order valence-corrected chi connectivity index (χ3v) is 5.67. The van der Waals surface area contributed by atoms with Gasteiger partial charge in [0.05, 0.1) is 6.04 Å². The summed E-state index contributed by atoms with van der Waals surface area (Å²) in [5.74, 6) is 5.39. The minimum atomic E-state index is -3.78. The highest BCUT2D eigenvalue weighted by Gasteiger charge is 2.24. The number of anilines is 1. The second-order valence-corrected chi connectivity index (χ2v) is 8.16. The van der Waals surface area contributed by atoms with Crippen molar-refractivity contribution in [2.24, 2.45) is 5.84 Å². The number of rotatable bonds is 5. The number of sulfonamides is 1. The van der Waals surface area contributed by atoms with Gasteiger partial charge in [0.1, 0.15) is 9.90 Å². The van der Waals surface area contributed by atoms with Gasteiger partial charge in [-0.05, 0) is 35.8 Å². The highest BCUT2D eigenvalue weighted by Crippen LogP contribution is 2.25. The maximum absolute atomic E-state index is 12.5. The number of hydrazine groups is 1. The highest BCUT2D eigenvalue weighted by atomic mass is 79.9. The molecule has 7 nitrogen and oxygen atoms in total. The van der Waals surface area contributed by atoms with Crippen LogP contribution in [-0.4, -0.2) is 18.4 Å². The summed E-state index contributed by atoms with van der Waals surface area (Å²) < 4.78 is 28.0. The Labute approximate surface area is 135 Å². The van der Waals surface area contributed by atoms with Crippen molar-refractivity contribution in [3.05, 3.63) is 32.8 Å². The van der Waals surface area contributed by atoms with Gasteiger partial charge in [-0.1, -0.05) is 0 Å². The average molecular weight is 392 g/mol. The number of thiazole rings is 1. The predicted molar refractivity (Wildman–Crippen MR) is 85.3 cm³/mol. The van der Waals surface area contributed by atoms with Gasteiger partial charge in [0.15, 0.2) is 5.82 Å². The Kier molecular flexibility index (Phi) is 4.94. The van der Waals surface area contributed by atoms with Crippen LogP contribution in [0.15, 0.2) is 27.8 Å². The zero-order valence-corrected chi connectivity index (χ0v) is 14.5. The van der Waals surface area contributed by atoms with E-state index in [-0.39, 0.29) is 10.7 Å². The lowest BCUT2D eigenvalue weighted by Crippen LogP contribution is -2.28. The van der Waals surface area contributed by atoms with Gasteiger partial charge in [-0.2, -0.15) is 0 Å². The van der Waals surface area contributed by atoms with Gasteiger partial charge in [-0.15, -0.1) is 11.3 Å². The normalized spacial score (nSPS) is 13.1. The summed E-state index contributed by atoms with van der Waals surface area (Å²) in [7, 11) is -3.78. The molecule has 0 fully saturated rings. The van der Waals surface area contributed by atoms with Crippen molar-refractivity contribution in [2.45, 2.75) is 24.8 Å². The number of hydrogen-bond donors (Lipinski definition) is 3. The lowest BCUT2D eigenvalue weighted by molar-refractivity contribution is 0.566. The molecule has 0 bridgehead atoms. The fraction of sp³-hybridized carbons (Fsp3) is 0.273. The molecule has 2 rings (SSSR count). The van der Waals surface area contributed by atoms with Crippen molar-refractivity contribution in [3.63, 3.8) is 0 Å². The number of hydrogen-bond acceptors (Lipinski definition) is 7. The van der Waals surface area contributed by atoms with E-state index >= 15 is 0 Å². The van der Waals surface area contributed by atoms with E-state index in [4.69, 9.17) is 5.84 Å². The first-order valence-corrected chi connectivity index (χ1v) is 8.99. The minimum Gasteiger partial charge on any atom is -0.307 e. The van der Waals surface area contributed by atoms with Gasteiger partial charge < -0.3 is 5.43 Å². The minimum absolute atomic E-state index is 0.0282. The summed E-state index contributed by atoms with van der Waals surface area (Å²) >= 11 is 4.64. The van der Waals surface area contributed by atoms with E-state index in [2.05, 4.69) is 36.0 Å². The van der Waals surface area contributed by atoms with Gasteiger partial charge in [0.25, 0.3) is 0 Å². The summed E-state index contributed by atoms with van der Waals surface area (Å²) in [5, 5.41) is 0.696. The number of halogens is 1. The Bertz CT molecular complexity index is 747. The lowest BCUT2D eigenvalue weighted by atomic mass is 10.4. The van der Waals surface area contributed by atoms with Crippen LogP contribution in [0.1, 0.15) is 22.9 Å². The molecule has 4 N–H and O–H groups in total. The Hall–Kier alpha value is -1.07. The van der Waals surface area contributed by atoms with Crippen molar-refractivity contribution < 1.29 is 8.42 Å². The first kappa shape index (κ1) is 16.3. The van der Waals surface area contributed by atoms with E-state index < -0.39 is 16.1 Å². The van der Waals surface area contributed by atoms with Crippen molar-refractivity contribution in [1.29, 1.82) is 0 Å². The van der Waals surface area contributed by atoms with Gasteiger partial charge in [0, 0.05) is 21.7 Å². The van der Waals surface area contributed by atoms with Gasteiger partial charge in [0.2, 0.25) is 10.0 Å². The van der Waals surface area contributed by atoms with E-state index in [1.807, 2.05) is 6.92 Å². The predicted octanol–water partition coefficient (Wildman–Crippen LogP) is 1.93. The molecule has 0 radical (unpaired) electrons. The molecule has 2 aromatic heterocycles. The van der Waals surface area contributed by atoms with Crippen LogP contribution in [0, 0.1) is 6.92 Å². The lowest BCUT2D eigenvalue weighted by Gasteiger charge is -2.14. The van der Waals surface area contributed by atoms with E-state index in [0.29, 0.717) is 9.48 Å². The Morgan fingerprint density at radius 1 is 1.38 bits per heavy atom. The molecule has 0 saturated carbocycles. The molecule has 0 aromatic carbocycles. The molecule has 2 aromatic rings. The Morgan fingerprint density at radius 3 is 2.67 bits per heavy atom. The van der Waals surface area contributed by atoms with Crippen LogP contribution >= 0.6 is 27.3 Å². The summed E-state index contributed by atoms with van der Waals surface area (Å²) in [6, 6.07) is 0.989. The third kappa shape index (κ3) is 3.77. The molecule has 0 aliphatic rings. The molecule has 1 atom stereocenters. The maximum Gasteiger partial charge on any atom is 0.244 e. The first-order chi connectivity index (χ1) is 9.83. The van der Waals surface area contributed by atoms with E-state index in [9.17, 15) is 8.42 Å². The molecule has 114 valence electrons. The third-order valence-electron chi connectivity index (χ3n) is 2.59. The van der Waals surface area contributed by atoms with Crippen LogP contribution in [0.4, 0.5) is 5.82 Å².